The zero-order chi connectivity index (χ0) is 10.1. The van der Waals surface area contributed by atoms with Crippen molar-refractivity contribution in [3.8, 4) is 0 Å². The second-order valence-electron chi connectivity index (χ2n) is 5.68. The number of likely N-dealkylation sites (tertiary alicyclic amines) is 1. The standard InChI is InChI=1S/C13H24N2/c1-2-8-15(7-1)9-6-14-10-13-11-4-3-5-12(11)13/h11-14H,1-10H2. The summed E-state index contributed by atoms with van der Waals surface area (Å²) in [4.78, 5) is 2.60. The summed E-state index contributed by atoms with van der Waals surface area (Å²) in [5.74, 6) is 3.32. The van der Waals surface area contributed by atoms with Crippen LogP contribution in [0.1, 0.15) is 32.1 Å². The molecule has 15 heavy (non-hydrogen) atoms. The molecule has 2 unspecified atom stereocenters. The van der Waals surface area contributed by atoms with E-state index in [0.29, 0.717) is 0 Å². The van der Waals surface area contributed by atoms with Gasteiger partial charge in [-0.05, 0) is 63.1 Å². The molecule has 1 N–H and O–H groups in total. The smallest absolute Gasteiger partial charge is 0.0107 e. The van der Waals surface area contributed by atoms with Crippen molar-refractivity contribution >= 4 is 0 Å². The lowest BCUT2D eigenvalue weighted by atomic mass is 10.1. The van der Waals surface area contributed by atoms with Crippen LogP contribution in [0.2, 0.25) is 0 Å². The zero-order valence-electron chi connectivity index (χ0n) is 9.75. The molecule has 0 aromatic carbocycles. The minimum absolute atomic E-state index is 1.07. The lowest BCUT2D eigenvalue weighted by Gasteiger charge is -2.14. The van der Waals surface area contributed by atoms with Crippen molar-refractivity contribution in [2.24, 2.45) is 17.8 Å². The molecule has 1 aliphatic heterocycles. The number of nitrogens with zero attached hydrogens (tertiary/aromatic N) is 1. The van der Waals surface area contributed by atoms with Crippen LogP contribution >= 0.6 is 0 Å². The maximum absolute atomic E-state index is 3.66. The van der Waals surface area contributed by atoms with E-state index in [4.69, 9.17) is 0 Å². The largest absolute Gasteiger partial charge is 0.315 e. The minimum atomic E-state index is 1.07. The van der Waals surface area contributed by atoms with Crippen LogP contribution in [-0.4, -0.2) is 37.6 Å². The van der Waals surface area contributed by atoms with E-state index in [1.807, 2.05) is 0 Å². The molecular weight excluding hydrogens is 184 g/mol. The summed E-state index contributed by atoms with van der Waals surface area (Å²) in [7, 11) is 0. The quantitative estimate of drug-likeness (QED) is 0.692. The lowest BCUT2D eigenvalue weighted by Crippen LogP contribution is -2.31. The van der Waals surface area contributed by atoms with Gasteiger partial charge in [0.15, 0.2) is 0 Å². The Balaban J connectivity index is 1.25. The molecule has 1 heterocycles. The van der Waals surface area contributed by atoms with Gasteiger partial charge >= 0.3 is 0 Å². The molecule has 2 heteroatoms. The Labute approximate surface area is 93.4 Å². The lowest BCUT2D eigenvalue weighted by molar-refractivity contribution is 0.333. The average molecular weight is 208 g/mol. The molecule has 3 aliphatic rings. The van der Waals surface area contributed by atoms with Gasteiger partial charge in [-0.1, -0.05) is 6.42 Å². The first-order valence-corrected chi connectivity index (χ1v) is 6.88. The van der Waals surface area contributed by atoms with E-state index in [9.17, 15) is 0 Å². The fraction of sp³-hybridized carbons (Fsp3) is 1.00. The van der Waals surface area contributed by atoms with E-state index in [0.717, 1.165) is 17.8 Å². The Bertz CT molecular complexity index is 201. The van der Waals surface area contributed by atoms with Gasteiger partial charge in [0.2, 0.25) is 0 Å². The summed E-state index contributed by atoms with van der Waals surface area (Å²) in [5, 5.41) is 3.66. The molecule has 2 nitrogen and oxygen atoms in total. The fourth-order valence-electron chi connectivity index (χ4n) is 3.78. The Kier molecular flexibility index (Phi) is 2.98. The highest BCUT2D eigenvalue weighted by Gasteiger charge is 2.51. The number of fused-ring (bicyclic) bond motifs is 1. The molecule has 3 fully saturated rings. The van der Waals surface area contributed by atoms with Crippen LogP contribution in [0.3, 0.4) is 0 Å². The molecule has 0 bridgehead atoms. The molecule has 1 saturated heterocycles. The molecule has 0 radical (unpaired) electrons. The monoisotopic (exact) mass is 208 g/mol. The highest BCUT2D eigenvalue weighted by atomic mass is 15.1. The Morgan fingerprint density at radius 3 is 2.47 bits per heavy atom. The van der Waals surface area contributed by atoms with Crippen LogP contribution in [0, 0.1) is 17.8 Å². The van der Waals surface area contributed by atoms with Crippen molar-refractivity contribution in [2.75, 3.05) is 32.7 Å². The summed E-state index contributed by atoms with van der Waals surface area (Å²) in [6.45, 7) is 6.49. The van der Waals surface area contributed by atoms with Crippen LogP contribution in [-0.2, 0) is 0 Å². The van der Waals surface area contributed by atoms with Gasteiger partial charge in [0.05, 0.1) is 0 Å². The van der Waals surface area contributed by atoms with Gasteiger partial charge < -0.3 is 10.2 Å². The molecule has 0 aromatic heterocycles. The summed E-state index contributed by atoms with van der Waals surface area (Å²) in [5.41, 5.74) is 0. The summed E-state index contributed by atoms with van der Waals surface area (Å²) in [6.07, 6.45) is 7.42. The van der Waals surface area contributed by atoms with Gasteiger partial charge in [0.1, 0.15) is 0 Å². The molecule has 0 spiro atoms. The van der Waals surface area contributed by atoms with Crippen LogP contribution in [0.4, 0.5) is 0 Å². The van der Waals surface area contributed by atoms with E-state index in [-0.39, 0.29) is 0 Å². The third kappa shape index (κ3) is 2.21. The summed E-state index contributed by atoms with van der Waals surface area (Å²) < 4.78 is 0. The topological polar surface area (TPSA) is 15.3 Å². The molecule has 2 saturated carbocycles. The summed E-state index contributed by atoms with van der Waals surface area (Å²) >= 11 is 0. The van der Waals surface area contributed by atoms with E-state index in [1.165, 1.54) is 64.8 Å². The van der Waals surface area contributed by atoms with E-state index < -0.39 is 0 Å². The highest BCUT2D eigenvalue weighted by molar-refractivity contribution is 5.01. The van der Waals surface area contributed by atoms with Gasteiger partial charge in [-0.3, -0.25) is 0 Å². The van der Waals surface area contributed by atoms with Gasteiger partial charge in [-0.2, -0.15) is 0 Å². The first kappa shape index (κ1) is 10.1. The maximum atomic E-state index is 3.66. The Hall–Kier alpha value is -0.0800. The van der Waals surface area contributed by atoms with E-state index in [2.05, 4.69) is 10.2 Å². The Morgan fingerprint density at radius 1 is 1.00 bits per heavy atom. The van der Waals surface area contributed by atoms with Crippen LogP contribution in [0.25, 0.3) is 0 Å². The average Bonchev–Trinajstić information content (AvgIpc) is 2.73. The van der Waals surface area contributed by atoms with Gasteiger partial charge in [0, 0.05) is 13.1 Å². The van der Waals surface area contributed by atoms with E-state index in [1.54, 1.807) is 0 Å². The predicted octanol–water partition coefficient (Wildman–Crippen LogP) is 1.72. The predicted molar refractivity (Wildman–Crippen MR) is 62.9 cm³/mol. The van der Waals surface area contributed by atoms with Gasteiger partial charge in [-0.25, -0.2) is 0 Å². The first-order valence-electron chi connectivity index (χ1n) is 6.88. The zero-order valence-corrected chi connectivity index (χ0v) is 9.75. The summed E-state index contributed by atoms with van der Waals surface area (Å²) in [6, 6.07) is 0. The van der Waals surface area contributed by atoms with Gasteiger partial charge in [-0.15, -0.1) is 0 Å². The van der Waals surface area contributed by atoms with Crippen molar-refractivity contribution in [3.63, 3.8) is 0 Å². The molecule has 0 amide bonds. The van der Waals surface area contributed by atoms with E-state index >= 15 is 0 Å². The first-order chi connectivity index (χ1) is 7.45. The Morgan fingerprint density at radius 2 is 1.73 bits per heavy atom. The number of hydrogen-bond acceptors (Lipinski definition) is 2. The van der Waals surface area contributed by atoms with Crippen molar-refractivity contribution in [1.82, 2.24) is 10.2 Å². The normalized spacial score (nSPS) is 39.6. The van der Waals surface area contributed by atoms with Crippen LogP contribution < -0.4 is 5.32 Å². The van der Waals surface area contributed by atoms with Crippen LogP contribution in [0.15, 0.2) is 0 Å². The van der Waals surface area contributed by atoms with Crippen molar-refractivity contribution in [2.45, 2.75) is 32.1 Å². The molecule has 86 valence electrons. The maximum Gasteiger partial charge on any atom is 0.0107 e. The molecule has 3 rings (SSSR count). The number of hydrogen-bond donors (Lipinski definition) is 1. The third-order valence-electron chi connectivity index (χ3n) is 4.77. The van der Waals surface area contributed by atoms with Crippen molar-refractivity contribution in [3.05, 3.63) is 0 Å². The fourth-order valence-corrected chi connectivity index (χ4v) is 3.78. The minimum Gasteiger partial charge on any atom is -0.315 e. The SMILES string of the molecule is C1CC2C(C1)C2CNCCN1CCCC1. The van der Waals surface area contributed by atoms with Crippen molar-refractivity contribution in [1.29, 1.82) is 0 Å². The van der Waals surface area contributed by atoms with Crippen molar-refractivity contribution < 1.29 is 0 Å². The molecule has 0 aromatic rings. The molecule has 2 atom stereocenters. The second-order valence-corrected chi connectivity index (χ2v) is 5.68. The molecular formula is C13H24N2. The second kappa shape index (κ2) is 4.42. The highest BCUT2D eigenvalue weighted by Crippen LogP contribution is 2.56. The third-order valence-corrected chi connectivity index (χ3v) is 4.77. The number of nitrogens with one attached hydrogen (secondary N) is 1. The van der Waals surface area contributed by atoms with Crippen LogP contribution in [0.5, 0.6) is 0 Å². The molecule has 2 aliphatic carbocycles. The van der Waals surface area contributed by atoms with Gasteiger partial charge in [0.25, 0.3) is 0 Å². The number of rotatable bonds is 5.